The zero-order chi connectivity index (χ0) is 88.4. The van der Waals surface area contributed by atoms with Gasteiger partial charge in [-0.05, 0) is 115 Å². The Morgan fingerprint density at radius 1 is 0.625 bits per heavy atom. The van der Waals surface area contributed by atoms with Gasteiger partial charge in [-0.1, -0.05) is 59.5 Å². The second kappa shape index (κ2) is 35.3. The Labute approximate surface area is 693 Å². The maximum Gasteiger partial charge on any atom is 0.478 e. The molecule has 4 aromatic heterocycles. The summed E-state index contributed by atoms with van der Waals surface area (Å²) in [5, 5.41) is 11.1. The molecule has 20 atom stereocenters. The van der Waals surface area contributed by atoms with Gasteiger partial charge in [0.15, 0.2) is 83.0 Å². The Balaban J connectivity index is 0.000000156. The van der Waals surface area contributed by atoms with Gasteiger partial charge in [0.1, 0.15) is 82.5 Å². The number of hydrogen-bond acceptors (Lipinski definition) is 37. The zero-order valence-electron chi connectivity index (χ0n) is 69.4. The van der Waals surface area contributed by atoms with E-state index in [1.807, 2.05) is 13.8 Å². The van der Waals surface area contributed by atoms with E-state index in [0.29, 0.717) is 65.6 Å². The molecule has 0 spiro atoms. The number of esters is 1. The summed E-state index contributed by atoms with van der Waals surface area (Å²) in [5.74, 6) is -4.15. The van der Waals surface area contributed by atoms with Crippen molar-refractivity contribution in [3.8, 4) is 11.5 Å². The van der Waals surface area contributed by atoms with E-state index in [1.165, 1.54) is 63.1 Å². The number of phosphoric acid groups is 4. The number of phosphoric ester groups is 4. The van der Waals surface area contributed by atoms with Gasteiger partial charge in [-0.2, -0.15) is 0 Å². The molecule has 6 unspecified atom stereocenters. The Kier molecular flexibility index (Phi) is 27.7. The molecular formula is C72H103F5N12O26P4S. The minimum Gasteiger partial charge on any atom is -0.491 e. The predicted molar refractivity (Wildman–Crippen MR) is 420 cm³/mol. The van der Waals surface area contributed by atoms with Crippen LogP contribution < -0.4 is 20.9 Å². The lowest BCUT2D eigenvalue weighted by atomic mass is 9.94. The van der Waals surface area contributed by atoms with Crippen molar-refractivity contribution in [3.63, 3.8) is 0 Å². The van der Waals surface area contributed by atoms with Gasteiger partial charge in [0, 0.05) is 41.3 Å². The number of aliphatic imine (C=N–C) groups is 2. The predicted octanol–water partition coefficient (Wildman–Crippen LogP) is 12.9. The van der Waals surface area contributed by atoms with Crippen LogP contribution in [0, 0.1) is 24.7 Å². The number of halogens is 5. The van der Waals surface area contributed by atoms with Crippen molar-refractivity contribution in [2.24, 2.45) is 32.3 Å². The molecule has 10 aliphatic heterocycles. The van der Waals surface area contributed by atoms with Crippen molar-refractivity contribution < 1.29 is 142 Å². The number of carbonyl (C=O) groups excluding carboxylic acids is 2. The van der Waals surface area contributed by atoms with Crippen LogP contribution in [0.1, 0.15) is 147 Å². The summed E-state index contributed by atoms with van der Waals surface area (Å²) in [5.41, 5.74) is 5.86. The van der Waals surface area contributed by atoms with Crippen molar-refractivity contribution in [3.05, 3.63) is 85.5 Å². The van der Waals surface area contributed by atoms with Crippen LogP contribution >= 0.6 is 43.1 Å². The highest BCUT2D eigenvalue weighted by atomic mass is 32.2. The quantitative estimate of drug-likeness (QED) is 0.0320. The molecule has 120 heavy (non-hydrogen) atoms. The molecule has 0 amide bonds. The molecule has 14 heterocycles. The molecule has 4 aromatic rings. The maximum atomic E-state index is 15.9. The van der Waals surface area contributed by atoms with Gasteiger partial charge in [-0.25, -0.2) is 74.7 Å². The summed E-state index contributed by atoms with van der Waals surface area (Å²) < 4.78 is 234. The number of nitrogens with two attached hydrogens (primary N) is 2. The van der Waals surface area contributed by atoms with Gasteiger partial charge in [0.2, 0.25) is 6.79 Å². The lowest BCUT2D eigenvalue weighted by molar-refractivity contribution is -0.220. The number of imidazole rings is 2. The van der Waals surface area contributed by atoms with E-state index in [9.17, 15) is 33.0 Å². The standard InChI is InChI=1S/C18H24F2N3O6P.C18H25FN3O7P.C18H27FN3O7P.C18H27FN3O6PS/c1-6-25-12-7-11(4)22-14-13(12)21-9-23(14)16-17(5,19)15-18(20,27-16)8-26-30(24,29-15)28-10(2)3;1-6-25-12-7-11(4)21-14-13(12)20-9-22(14)16-17(5,23)15-18(19,27-16)8-26-30(24,29-15)28-10(2)3;1-6-18-9-26-30(24,27-10-25-16(23)17(3,4)5)29-14(18)13(19)15(28-18)22-8-7-12(20)21-11(22)2;1-6-18-9-25-29(24,26-10-30-16(23)17(3,4)5)28-14(18)13(19)15(27-18)22-8-7-12(20)21-11(22)2/h7,9-10,15-16H,6,8H2,1-5H3;7,9-10,15-16,23H,6,8H2,1-5H3;2*7-8,13-15H,2,6,9-10H2,1,3-5H3,(H2,20,21)/t2*15-,16+,17+,18+,30?;13-,14?,15-,18-,30?;13-,14?,15-,18-,29?/m0011/s1. The number of nitrogens with zero attached hydrogens (tertiary/aromatic N) is 10. The first-order valence-corrected chi connectivity index (χ1v) is 45.1. The number of aliphatic hydroxyl groups is 1. The van der Waals surface area contributed by atoms with Crippen molar-refractivity contribution >= 4 is 88.1 Å². The number of amidine groups is 2. The first-order chi connectivity index (χ1) is 55.8. The van der Waals surface area contributed by atoms with Gasteiger partial charge in [0.25, 0.3) is 11.7 Å². The highest BCUT2D eigenvalue weighted by molar-refractivity contribution is 8.13. The third kappa shape index (κ3) is 19.4. The topological polar surface area (TPSA) is 443 Å². The summed E-state index contributed by atoms with van der Waals surface area (Å²) in [7, 11) is -16.5. The van der Waals surface area contributed by atoms with Gasteiger partial charge in [-0.3, -0.25) is 68.5 Å². The van der Waals surface area contributed by atoms with E-state index in [4.69, 9.17) is 98.9 Å². The normalized spacial score (nSPS) is 36.5. The lowest BCUT2D eigenvalue weighted by Crippen LogP contribution is -2.52. The molecule has 0 radical (unpaired) electrons. The van der Waals surface area contributed by atoms with Crippen LogP contribution in [0.2, 0.25) is 0 Å². The third-order valence-electron chi connectivity index (χ3n) is 19.8. The van der Waals surface area contributed by atoms with E-state index in [1.54, 1.807) is 109 Å². The molecule has 0 aromatic carbocycles. The first kappa shape index (κ1) is 94.4. The fraction of sp³-hybridized carbons (Fsp3) is 0.667. The zero-order valence-corrected chi connectivity index (χ0v) is 73.8. The van der Waals surface area contributed by atoms with Crippen LogP contribution in [0.4, 0.5) is 22.0 Å². The van der Waals surface area contributed by atoms with E-state index in [-0.39, 0.29) is 53.2 Å². The highest BCUT2D eigenvalue weighted by Crippen LogP contribution is 2.67. The van der Waals surface area contributed by atoms with Crippen LogP contribution in [0.25, 0.3) is 22.3 Å². The van der Waals surface area contributed by atoms with Crippen molar-refractivity contribution in [1.82, 2.24) is 38.9 Å². The highest BCUT2D eigenvalue weighted by Gasteiger charge is 2.72. The first-order valence-electron chi connectivity index (χ1n) is 38.2. The second-order valence-electron chi connectivity index (χ2n) is 32.1. The molecule has 10 aliphatic rings. The smallest absolute Gasteiger partial charge is 0.478 e. The molecule has 38 nitrogen and oxygen atoms in total. The van der Waals surface area contributed by atoms with Crippen LogP contribution in [0.15, 0.2) is 84.1 Å². The van der Waals surface area contributed by atoms with Gasteiger partial charge >= 0.3 is 37.3 Å². The minimum atomic E-state index is -4.18. The van der Waals surface area contributed by atoms with Crippen LogP contribution in [-0.2, 0) is 106 Å². The number of aryl methyl sites for hydroxylation is 2. The number of carbonyl (C=O) groups is 2. The summed E-state index contributed by atoms with van der Waals surface area (Å²) in [6.07, 6.45) is -6.01. The SMILES string of the molecule is C=C1N=C(N)C=CN1[C@@H]1O[C@]2(CC)COP(=O)(OCOC(=O)C(C)(C)C)OC2[C@H]1F.C=C1N=C(N)C=CN1[C@@H]1O[C@]2(CC)COP(=O)(OCSC(=O)C(C)(C)C)OC2[C@H]1F.CCOc1cc(C)nc2c1ncn2[C@@H]1O[C@]2(F)COP(=O)(OC(C)C)O[C@H]2[C@@]1(C)F.CCOc1cc(C)nc2c1ncn2[C@@H]1O[C@]2(F)COP(=O)(OC(C)C)O[C@H]2[C@@]1(C)O. The number of fused-ring (bicyclic) bond motifs is 6. The fourth-order valence-corrected chi connectivity index (χ4v) is 20.9. The summed E-state index contributed by atoms with van der Waals surface area (Å²) >= 11 is 0.856. The monoisotopic (exact) mass is 1800 g/mol. The average Bonchev–Trinajstić information content (AvgIpc) is 1.56. The summed E-state index contributed by atoms with van der Waals surface area (Å²) in [6, 6.07) is 3.45. The van der Waals surface area contributed by atoms with Crippen LogP contribution in [-0.4, -0.2) is 215 Å². The molecule has 48 heteroatoms. The largest absolute Gasteiger partial charge is 0.491 e. The maximum absolute atomic E-state index is 15.9. The van der Waals surface area contributed by atoms with E-state index >= 15 is 22.0 Å². The number of thioether (sulfide) groups is 1. The van der Waals surface area contributed by atoms with E-state index < -0.39 is 176 Å². The van der Waals surface area contributed by atoms with E-state index in [2.05, 4.69) is 43.1 Å². The molecule has 14 rings (SSSR count). The molecule has 8 saturated heterocycles. The average molecular weight is 1800 g/mol. The van der Waals surface area contributed by atoms with E-state index in [0.717, 1.165) is 18.7 Å². The Morgan fingerprint density at radius 3 is 1.46 bits per heavy atom. The Hall–Kier alpha value is -6.28. The number of ether oxygens (including phenoxy) is 7. The van der Waals surface area contributed by atoms with Crippen molar-refractivity contribution in [2.45, 2.75) is 246 Å². The van der Waals surface area contributed by atoms with Crippen molar-refractivity contribution in [2.75, 3.05) is 52.4 Å². The number of pyridine rings is 2. The lowest BCUT2D eigenvalue weighted by Gasteiger charge is -2.39. The molecular weight excluding hydrogens is 1700 g/mol. The molecule has 668 valence electrons. The number of hydrogen-bond donors (Lipinski definition) is 3. The molecule has 5 N–H and O–H groups in total. The Morgan fingerprint density at radius 2 is 1.04 bits per heavy atom. The molecule has 0 saturated carbocycles. The van der Waals surface area contributed by atoms with Crippen LogP contribution in [0.5, 0.6) is 11.5 Å². The summed E-state index contributed by atoms with van der Waals surface area (Å²) in [4.78, 5) is 52.1. The molecule has 0 bridgehead atoms. The molecule has 0 aliphatic carbocycles. The number of alkyl halides is 5. The fourth-order valence-electron chi connectivity index (χ4n) is 13.8. The van der Waals surface area contributed by atoms with Gasteiger partial charge < -0.3 is 59.5 Å². The Bertz CT molecular complexity index is 4570. The minimum absolute atomic E-state index is 0.142. The van der Waals surface area contributed by atoms with Gasteiger partial charge in [-0.15, -0.1) is 0 Å². The summed E-state index contributed by atoms with van der Waals surface area (Å²) in [6.45, 7) is 35.7. The number of aromatic nitrogens is 6. The van der Waals surface area contributed by atoms with Gasteiger partial charge in [0.05, 0.1) is 56.7 Å². The van der Waals surface area contributed by atoms with Crippen molar-refractivity contribution in [1.29, 1.82) is 0 Å². The molecule has 8 fully saturated rings. The van der Waals surface area contributed by atoms with Crippen LogP contribution in [0.3, 0.4) is 0 Å². The third-order valence-corrected chi connectivity index (χ3v) is 27.0. The number of rotatable bonds is 20. The second-order valence-corrected chi connectivity index (χ2v) is 39.4.